The number of hydrogen-bond donors (Lipinski definition) is 2. The van der Waals surface area contributed by atoms with Crippen molar-refractivity contribution in [2.24, 2.45) is 5.41 Å². The molecule has 0 saturated carbocycles. The lowest BCUT2D eigenvalue weighted by molar-refractivity contribution is -0.146. The third-order valence-corrected chi connectivity index (χ3v) is 9.12. The van der Waals surface area contributed by atoms with Crippen molar-refractivity contribution in [1.29, 1.82) is 5.26 Å². The van der Waals surface area contributed by atoms with Gasteiger partial charge in [0.2, 0.25) is 21.8 Å². The first-order valence-electron chi connectivity index (χ1n) is 14.7. The Balaban J connectivity index is 2.05. The van der Waals surface area contributed by atoms with Gasteiger partial charge < -0.3 is 14.8 Å². The standard InChI is InChI=1S/C32H35F6N5O5S/c1-17-7-8-25-19(9-17)10-20(28(44)40-25)11-21(15-39)42(5)29(45)26(13-18-12-23(34)24(35)14-22(18)33)43(6)30(46)27(31(2,3)4)41-49(47,48)16-32(36,37)38/h7-10,12,14,21,26-27,41H,11,13,16H2,1-6H3,(H,40,44)/t21?,26-,27+/m0/s1. The molecule has 266 valence electrons. The molecule has 0 aliphatic rings. The van der Waals surface area contributed by atoms with Gasteiger partial charge in [-0.2, -0.15) is 18.4 Å². The maximum Gasteiger partial charge on any atom is 0.404 e. The van der Waals surface area contributed by atoms with Crippen LogP contribution in [0.1, 0.15) is 37.5 Å². The molecule has 2 N–H and O–H groups in total. The molecule has 1 unspecified atom stereocenters. The molecule has 3 atom stereocenters. The van der Waals surface area contributed by atoms with Crippen LogP contribution in [-0.2, 0) is 32.5 Å². The number of nitrogens with zero attached hydrogens (tertiary/aromatic N) is 3. The van der Waals surface area contributed by atoms with E-state index in [9.17, 15) is 54.4 Å². The Hall–Kier alpha value is -4.43. The molecule has 3 rings (SSSR count). The number of aryl methyl sites for hydroxylation is 1. The summed E-state index contributed by atoms with van der Waals surface area (Å²) < 4.78 is 108. The van der Waals surface area contributed by atoms with E-state index in [0.717, 1.165) is 24.6 Å². The lowest BCUT2D eigenvalue weighted by atomic mass is 9.86. The molecule has 2 amide bonds. The number of pyridine rings is 1. The van der Waals surface area contributed by atoms with E-state index in [4.69, 9.17) is 0 Å². The zero-order chi connectivity index (χ0) is 37.2. The number of H-pyrrole nitrogens is 1. The lowest BCUT2D eigenvalue weighted by Crippen LogP contribution is -2.60. The molecule has 1 aromatic heterocycles. The summed E-state index contributed by atoms with van der Waals surface area (Å²) in [7, 11) is -3.02. The predicted octanol–water partition coefficient (Wildman–Crippen LogP) is 4.11. The third kappa shape index (κ3) is 9.82. The van der Waals surface area contributed by atoms with E-state index < -0.39 is 92.3 Å². The number of aromatic nitrogens is 1. The average molecular weight is 716 g/mol. The van der Waals surface area contributed by atoms with Gasteiger partial charge in [0.25, 0.3) is 5.56 Å². The van der Waals surface area contributed by atoms with Crippen molar-refractivity contribution < 1.29 is 44.3 Å². The number of hydrogen-bond acceptors (Lipinski definition) is 6. The summed E-state index contributed by atoms with van der Waals surface area (Å²) in [5.41, 5.74) is -1.01. The third-order valence-electron chi connectivity index (χ3n) is 7.82. The Kier molecular flexibility index (Phi) is 11.6. The number of fused-ring (bicyclic) bond motifs is 1. The Morgan fingerprint density at radius 1 is 0.918 bits per heavy atom. The highest BCUT2D eigenvalue weighted by molar-refractivity contribution is 7.89. The summed E-state index contributed by atoms with van der Waals surface area (Å²) in [4.78, 5) is 44.9. The summed E-state index contributed by atoms with van der Waals surface area (Å²) in [5.74, 6) is -8.93. The van der Waals surface area contributed by atoms with Crippen LogP contribution in [-0.4, -0.2) is 79.2 Å². The minimum atomic E-state index is -5.16. The van der Waals surface area contributed by atoms with E-state index in [0.29, 0.717) is 21.9 Å². The van der Waals surface area contributed by atoms with Crippen LogP contribution < -0.4 is 10.3 Å². The number of benzene rings is 2. The molecule has 0 aliphatic carbocycles. The number of rotatable bonds is 11. The van der Waals surface area contributed by atoms with Crippen molar-refractivity contribution in [2.75, 3.05) is 19.8 Å². The van der Waals surface area contributed by atoms with Gasteiger partial charge in [-0.05, 0) is 47.6 Å². The SMILES string of the molecule is Cc1ccc2[nH]c(=O)c(CC(C#N)N(C)C(=O)[C@H](Cc3cc(F)c(F)cc3F)N(C)C(=O)[C@@H](NS(=O)(=O)CC(F)(F)F)C(C)(C)C)cc2c1. The summed E-state index contributed by atoms with van der Waals surface area (Å²) >= 11 is 0. The van der Waals surface area contributed by atoms with Gasteiger partial charge in [-0.3, -0.25) is 14.4 Å². The first-order valence-corrected chi connectivity index (χ1v) is 16.3. The fraction of sp³-hybridized carbons (Fsp3) is 0.438. The lowest BCUT2D eigenvalue weighted by Gasteiger charge is -2.38. The number of carbonyl (C=O) groups excluding carboxylic acids is 2. The molecular formula is C32H35F6N5O5S. The van der Waals surface area contributed by atoms with Crippen LogP contribution in [0.25, 0.3) is 10.9 Å². The van der Waals surface area contributed by atoms with Crippen molar-refractivity contribution >= 4 is 32.7 Å². The fourth-order valence-electron chi connectivity index (χ4n) is 5.10. The van der Waals surface area contributed by atoms with Gasteiger partial charge in [0.05, 0.1) is 6.07 Å². The fourth-order valence-corrected chi connectivity index (χ4v) is 6.43. The highest BCUT2D eigenvalue weighted by Gasteiger charge is 2.44. The number of halogens is 6. The number of carbonyl (C=O) groups is 2. The van der Waals surface area contributed by atoms with Crippen molar-refractivity contribution in [3.63, 3.8) is 0 Å². The van der Waals surface area contributed by atoms with Crippen molar-refractivity contribution in [3.8, 4) is 6.07 Å². The normalized spacial score (nSPS) is 14.2. The summed E-state index contributed by atoms with van der Waals surface area (Å²) in [5, 5.41) is 10.7. The number of sulfonamides is 1. The maximum atomic E-state index is 14.8. The molecule has 3 aromatic rings. The Bertz CT molecular complexity index is 1950. The van der Waals surface area contributed by atoms with E-state index in [1.165, 1.54) is 26.8 Å². The van der Waals surface area contributed by atoms with E-state index in [2.05, 4.69) is 4.98 Å². The van der Waals surface area contributed by atoms with Gasteiger partial charge in [-0.25, -0.2) is 26.3 Å². The van der Waals surface area contributed by atoms with Crippen LogP contribution in [0.4, 0.5) is 26.3 Å². The second-order valence-electron chi connectivity index (χ2n) is 12.8. The van der Waals surface area contributed by atoms with Crippen molar-refractivity contribution in [2.45, 2.75) is 64.8 Å². The highest BCUT2D eigenvalue weighted by atomic mass is 32.2. The first kappa shape index (κ1) is 39.0. The molecule has 17 heteroatoms. The number of alkyl halides is 3. The predicted molar refractivity (Wildman–Crippen MR) is 168 cm³/mol. The minimum absolute atomic E-state index is 0.115. The summed E-state index contributed by atoms with van der Waals surface area (Å²) in [6.45, 7) is 5.84. The van der Waals surface area contributed by atoms with Crippen LogP contribution in [0.5, 0.6) is 0 Å². The summed E-state index contributed by atoms with van der Waals surface area (Å²) in [6.07, 6.45) is -6.30. The molecule has 0 saturated heterocycles. The number of nitrogens with one attached hydrogen (secondary N) is 2. The Morgan fingerprint density at radius 2 is 1.53 bits per heavy atom. The first-order chi connectivity index (χ1) is 22.4. The topological polar surface area (TPSA) is 143 Å². The van der Waals surface area contributed by atoms with Crippen LogP contribution in [0.15, 0.2) is 41.2 Å². The molecule has 0 fully saturated rings. The largest absolute Gasteiger partial charge is 0.404 e. The van der Waals surface area contributed by atoms with Crippen LogP contribution in [0.3, 0.4) is 0 Å². The molecule has 0 aliphatic heterocycles. The number of nitriles is 1. The van der Waals surface area contributed by atoms with Gasteiger partial charge in [0.15, 0.2) is 17.4 Å². The molecule has 49 heavy (non-hydrogen) atoms. The van der Waals surface area contributed by atoms with E-state index in [1.807, 2.05) is 13.0 Å². The maximum absolute atomic E-state index is 14.8. The van der Waals surface area contributed by atoms with Crippen molar-refractivity contribution in [1.82, 2.24) is 19.5 Å². The quantitative estimate of drug-likeness (QED) is 0.226. The van der Waals surface area contributed by atoms with Gasteiger partial charge in [0, 0.05) is 44.1 Å². The second-order valence-corrected chi connectivity index (χ2v) is 14.6. The van der Waals surface area contributed by atoms with Gasteiger partial charge in [0.1, 0.15) is 23.9 Å². The van der Waals surface area contributed by atoms with Crippen LogP contribution in [0.2, 0.25) is 0 Å². The number of aromatic amines is 1. The minimum Gasteiger partial charge on any atom is -0.332 e. The van der Waals surface area contributed by atoms with Crippen molar-refractivity contribution in [3.05, 3.63) is 80.9 Å². The molecule has 1 heterocycles. The van der Waals surface area contributed by atoms with Crippen LogP contribution >= 0.6 is 0 Å². The molecule has 10 nitrogen and oxygen atoms in total. The second kappa shape index (κ2) is 14.6. The zero-order valence-electron chi connectivity index (χ0n) is 27.4. The van der Waals surface area contributed by atoms with Gasteiger partial charge >= 0.3 is 6.18 Å². The zero-order valence-corrected chi connectivity index (χ0v) is 28.2. The van der Waals surface area contributed by atoms with Gasteiger partial charge in [-0.1, -0.05) is 32.4 Å². The highest BCUT2D eigenvalue weighted by Crippen LogP contribution is 2.26. The molecule has 0 radical (unpaired) electrons. The number of amides is 2. The van der Waals surface area contributed by atoms with Crippen LogP contribution in [0, 0.1) is 41.1 Å². The monoisotopic (exact) mass is 715 g/mol. The molecule has 2 aromatic carbocycles. The van der Waals surface area contributed by atoms with E-state index in [-0.39, 0.29) is 18.1 Å². The Labute approximate surface area is 278 Å². The smallest absolute Gasteiger partial charge is 0.332 e. The molecule has 0 bridgehead atoms. The van der Waals surface area contributed by atoms with E-state index in [1.54, 1.807) is 22.9 Å². The summed E-state index contributed by atoms with van der Waals surface area (Å²) in [6, 6.07) is 4.26. The van der Waals surface area contributed by atoms with E-state index >= 15 is 0 Å². The Morgan fingerprint density at radius 3 is 2.10 bits per heavy atom. The number of likely N-dealkylation sites (N-methyl/N-ethyl adjacent to an activating group) is 2. The molecular weight excluding hydrogens is 680 g/mol. The van der Waals surface area contributed by atoms with Gasteiger partial charge in [-0.15, -0.1) is 0 Å². The molecule has 0 spiro atoms. The average Bonchev–Trinajstić information content (AvgIpc) is 2.97.